The molecule has 1 aliphatic carbocycles. The molecular weight excluding hydrogens is 424 g/mol. The van der Waals surface area contributed by atoms with Crippen molar-refractivity contribution in [3.8, 4) is 22.3 Å². The second-order valence-corrected chi connectivity index (χ2v) is 11.0. The maximum Gasteiger partial charge on any atom is 0.117 e. The van der Waals surface area contributed by atoms with Crippen LogP contribution in [0.5, 0.6) is 0 Å². The quantitative estimate of drug-likeness (QED) is 0.265. The van der Waals surface area contributed by atoms with Crippen molar-refractivity contribution in [1.29, 1.82) is 0 Å². The summed E-state index contributed by atoms with van der Waals surface area (Å²) in [5, 5.41) is 3.03. The van der Waals surface area contributed by atoms with E-state index >= 15 is 0 Å². The topological polar surface area (TPSA) is 0 Å². The molecule has 1 unspecified atom stereocenters. The van der Waals surface area contributed by atoms with E-state index in [4.69, 9.17) is 0 Å². The van der Waals surface area contributed by atoms with Crippen molar-refractivity contribution in [3.63, 3.8) is 0 Å². The van der Waals surface area contributed by atoms with Crippen LogP contribution in [-0.2, 0) is 12.8 Å². The summed E-state index contributed by atoms with van der Waals surface area (Å²) in [6, 6.07) is 25.6. The number of rotatable bonds is 10. The van der Waals surface area contributed by atoms with E-state index in [-0.39, 0.29) is 0 Å². The van der Waals surface area contributed by atoms with Crippen LogP contribution in [0.25, 0.3) is 22.3 Å². The van der Waals surface area contributed by atoms with Gasteiger partial charge in [0.25, 0.3) is 0 Å². The lowest BCUT2D eigenvalue weighted by Crippen LogP contribution is -2.22. The molecule has 0 saturated carbocycles. The Morgan fingerprint density at radius 1 is 0.735 bits per heavy atom. The van der Waals surface area contributed by atoms with Crippen molar-refractivity contribution < 1.29 is 0 Å². The average Bonchev–Trinajstić information content (AvgIpc) is 3.19. The van der Waals surface area contributed by atoms with Gasteiger partial charge in [0.2, 0.25) is 0 Å². The third-order valence-electron chi connectivity index (χ3n) is 6.99. The van der Waals surface area contributed by atoms with Crippen LogP contribution in [0.1, 0.15) is 64.5 Å². The third kappa shape index (κ3) is 5.70. The molecule has 0 aromatic heterocycles. The van der Waals surface area contributed by atoms with Crippen molar-refractivity contribution in [2.45, 2.75) is 66.2 Å². The lowest BCUT2D eigenvalue weighted by Gasteiger charge is -2.18. The molecule has 0 heterocycles. The van der Waals surface area contributed by atoms with Gasteiger partial charge in [-0.3, -0.25) is 0 Å². The molecule has 0 aliphatic heterocycles. The normalized spacial score (nSPS) is 15.4. The standard InChI is InChI=1S/C33H38Si/c1-5-7-10-26-16-20-28(21-17-26)30-12-9-13-31(34-33-24(3)14-15-25(33)4)32(30)29-22-18-27(19-23-29)11-8-6-2/h9,12-24H,5-8,10-11H2,1-4H3. The summed E-state index contributed by atoms with van der Waals surface area (Å²) in [6.45, 7) is 9.12. The Hall–Kier alpha value is -2.64. The summed E-state index contributed by atoms with van der Waals surface area (Å²) in [5.74, 6) is 0.532. The molecule has 0 N–H and O–H groups in total. The van der Waals surface area contributed by atoms with E-state index in [1.54, 1.807) is 5.20 Å². The van der Waals surface area contributed by atoms with Crippen LogP contribution in [0.2, 0.25) is 0 Å². The van der Waals surface area contributed by atoms with Gasteiger partial charge in [-0.25, -0.2) is 0 Å². The fourth-order valence-electron chi connectivity index (χ4n) is 4.85. The van der Waals surface area contributed by atoms with Crippen LogP contribution in [-0.4, -0.2) is 9.52 Å². The van der Waals surface area contributed by atoms with Gasteiger partial charge in [-0.2, -0.15) is 0 Å². The first-order valence-corrected chi connectivity index (χ1v) is 14.1. The van der Waals surface area contributed by atoms with Gasteiger partial charge in [0.15, 0.2) is 0 Å². The molecule has 0 bridgehead atoms. The van der Waals surface area contributed by atoms with Crippen LogP contribution < -0.4 is 5.19 Å². The molecule has 0 spiro atoms. The minimum absolute atomic E-state index is 0.532. The monoisotopic (exact) mass is 462 g/mol. The van der Waals surface area contributed by atoms with E-state index in [1.165, 1.54) is 82.7 Å². The van der Waals surface area contributed by atoms with Crippen LogP contribution in [0.3, 0.4) is 0 Å². The zero-order valence-corrected chi connectivity index (χ0v) is 22.3. The Kier molecular flexibility index (Phi) is 8.40. The van der Waals surface area contributed by atoms with Crippen LogP contribution in [0.4, 0.5) is 0 Å². The molecule has 3 aromatic rings. The van der Waals surface area contributed by atoms with E-state index in [9.17, 15) is 0 Å². The average molecular weight is 463 g/mol. The van der Waals surface area contributed by atoms with Gasteiger partial charge in [0.1, 0.15) is 9.52 Å². The Morgan fingerprint density at radius 2 is 1.32 bits per heavy atom. The number of hydrogen-bond acceptors (Lipinski definition) is 0. The molecule has 0 saturated heterocycles. The molecule has 4 rings (SSSR count). The second kappa shape index (κ2) is 11.7. The highest BCUT2D eigenvalue weighted by Gasteiger charge is 2.19. The molecule has 3 aromatic carbocycles. The zero-order valence-electron chi connectivity index (χ0n) is 21.3. The maximum absolute atomic E-state index is 2.35. The highest BCUT2D eigenvalue weighted by molar-refractivity contribution is 6.63. The SMILES string of the molecule is CCCCc1ccc(-c2cccc([Si]C3=C(C)C=CC3C)c2-c2ccc(CCCC)cc2)cc1. The molecule has 0 amide bonds. The molecule has 2 radical (unpaired) electrons. The van der Waals surface area contributed by atoms with E-state index < -0.39 is 0 Å². The lowest BCUT2D eigenvalue weighted by molar-refractivity contribution is 0.795. The summed E-state index contributed by atoms with van der Waals surface area (Å²) in [5.41, 5.74) is 9.74. The summed E-state index contributed by atoms with van der Waals surface area (Å²) in [4.78, 5) is 0. The lowest BCUT2D eigenvalue weighted by atomic mass is 9.92. The first-order chi connectivity index (χ1) is 16.6. The smallest absolute Gasteiger partial charge is 0.0778 e. The molecule has 34 heavy (non-hydrogen) atoms. The highest BCUT2D eigenvalue weighted by atomic mass is 28.2. The van der Waals surface area contributed by atoms with Gasteiger partial charge in [-0.1, -0.05) is 128 Å². The molecular formula is C33H38Si. The van der Waals surface area contributed by atoms with Gasteiger partial charge < -0.3 is 0 Å². The largest absolute Gasteiger partial charge is 0.117 e. The van der Waals surface area contributed by atoms with Gasteiger partial charge in [0.05, 0.1) is 0 Å². The number of aryl methyl sites for hydroxylation is 2. The van der Waals surface area contributed by atoms with Crippen LogP contribution >= 0.6 is 0 Å². The number of unbranched alkanes of at least 4 members (excludes halogenated alkanes) is 2. The molecule has 174 valence electrons. The molecule has 1 aliphatic rings. The first-order valence-electron chi connectivity index (χ1n) is 13.1. The first kappa shape index (κ1) is 24.5. The van der Waals surface area contributed by atoms with Crippen LogP contribution in [0.15, 0.2) is 89.7 Å². The van der Waals surface area contributed by atoms with Crippen molar-refractivity contribution in [2.75, 3.05) is 0 Å². The van der Waals surface area contributed by atoms with Crippen molar-refractivity contribution in [2.24, 2.45) is 5.92 Å². The van der Waals surface area contributed by atoms with Gasteiger partial charge in [-0.05, 0) is 71.9 Å². The molecule has 1 heteroatoms. The van der Waals surface area contributed by atoms with Crippen molar-refractivity contribution in [1.82, 2.24) is 0 Å². The van der Waals surface area contributed by atoms with Gasteiger partial charge in [-0.15, -0.1) is 0 Å². The third-order valence-corrected chi connectivity index (χ3v) is 8.80. The minimum Gasteiger partial charge on any atom is -0.0778 e. The fraction of sp³-hybridized carbons (Fsp3) is 0.333. The summed E-state index contributed by atoms with van der Waals surface area (Å²) >= 11 is 0. The maximum atomic E-state index is 2.35. The number of benzene rings is 3. The van der Waals surface area contributed by atoms with Gasteiger partial charge in [0, 0.05) is 0 Å². The van der Waals surface area contributed by atoms with E-state index in [0.717, 1.165) is 0 Å². The fourth-order valence-corrected chi connectivity index (χ4v) is 6.33. The van der Waals surface area contributed by atoms with Gasteiger partial charge >= 0.3 is 0 Å². The van der Waals surface area contributed by atoms with E-state index in [0.29, 0.717) is 15.4 Å². The Labute approximate surface area is 209 Å². The summed E-state index contributed by atoms with van der Waals surface area (Å²) < 4.78 is 0. The summed E-state index contributed by atoms with van der Waals surface area (Å²) in [7, 11) is 0.697. The highest BCUT2D eigenvalue weighted by Crippen LogP contribution is 2.33. The van der Waals surface area contributed by atoms with E-state index in [2.05, 4.69) is 107 Å². The predicted molar refractivity (Wildman–Crippen MR) is 151 cm³/mol. The van der Waals surface area contributed by atoms with Crippen molar-refractivity contribution >= 4 is 14.7 Å². The van der Waals surface area contributed by atoms with Crippen LogP contribution in [0, 0.1) is 5.92 Å². The number of allylic oxidation sites excluding steroid dienone is 4. The number of hydrogen-bond donors (Lipinski definition) is 0. The Bertz CT molecular complexity index is 1150. The van der Waals surface area contributed by atoms with E-state index in [1.807, 2.05) is 0 Å². The molecule has 0 fully saturated rings. The minimum atomic E-state index is 0.532. The zero-order chi connectivity index (χ0) is 23.9. The predicted octanol–water partition coefficient (Wildman–Crippen LogP) is 8.52. The summed E-state index contributed by atoms with van der Waals surface area (Å²) in [6.07, 6.45) is 12.0. The molecule has 1 atom stereocenters. The van der Waals surface area contributed by atoms with Crippen molar-refractivity contribution in [3.05, 3.63) is 101 Å². The second-order valence-electron chi connectivity index (χ2n) is 9.70. The Balaban J connectivity index is 1.76. The molecule has 0 nitrogen and oxygen atoms in total. The Morgan fingerprint density at radius 3 is 1.85 bits per heavy atom.